The molecule has 1 fully saturated rings. The lowest BCUT2D eigenvalue weighted by Crippen LogP contribution is -2.27. The first-order chi connectivity index (χ1) is 6.47. The number of halogens is 3. The van der Waals surface area contributed by atoms with E-state index in [0.29, 0.717) is 13.0 Å². The van der Waals surface area contributed by atoms with Crippen LogP contribution in [0.5, 0.6) is 0 Å². The van der Waals surface area contributed by atoms with Crippen molar-refractivity contribution in [2.45, 2.75) is 31.9 Å². The molecular formula is C9H13F3N2. The van der Waals surface area contributed by atoms with Crippen LogP contribution in [0.4, 0.5) is 13.2 Å². The largest absolute Gasteiger partial charge is 0.390 e. The molecule has 0 spiro atoms. The van der Waals surface area contributed by atoms with Crippen molar-refractivity contribution in [3.8, 4) is 6.07 Å². The Morgan fingerprint density at radius 3 is 2.43 bits per heavy atom. The summed E-state index contributed by atoms with van der Waals surface area (Å²) in [7, 11) is 0. The molecule has 1 saturated carbocycles. The summed E-state index contributed by atoms with van der Waals surface area (Å²) in [5.74, 6) is 0. The van der Waals surface area contributed by atoms with Crippen LogP contribution < -0.4 is 5.32 Å². The van der Waals surface area contributed by atoms with Crippen LogP contribution in [0.25, 0.3) is 0 Å². The molecule has 2 nitrogen and oxygen atoms in total. The minimum atomic E-state index is -4.08. The van der Waals surface area contributed by atoms with Crippen LogP contribution in [0, 0.1) is 16.7 Å². The van der Waals surface area contributed by atoms with Gasteiger partial charge in [0.1, 0.15) is 0 Å². The molecule has 14 heavy (non-hydrogen) atoms. The fourth-order valence-corrected chi connectivity index (χ4v) is 1.34. The van der Waals surface area contributed by atoms with Gasteiger partial charge in [0, 0.05) is 19.5 Å². The molecule has 0 aromatic rings. The molecule has 1 rings (SSSR count). The van der Waals surface area contributed by atoms with Gasteiger partial charge in [-0.1, -0.05) is 0 Å². The third-order valence-electron chi connectivity index (χ3n) is 2.50. The summed E-state index contributed by atoms with van der Waals surface area (Å²) in [5, 5.41) is 11.2. The maximum absolute atomic E-state index is 11.7. The summed E-state index contributed by atoms with van der Waals surface area (Å²) in [4.78, 5) is 0. The monoisotopic (exact) mass is 206 g/mol. The summed E-state index contributed by atoms with van der Waals surface area (Å²) < 4.78 is 35.2. The molecule has 0 atom stereocenters. The van der Waals surface area contributed by atoms with Gasteiger partial charge in [0.2, 0.25) is 0 Å². The van der Waals surface area contributed by atoms with Crippen LogP contribution in [-0.4, -0.2) is 19.3 Å². The number of hydrogen-bond acceptors (Lipinski definition) is 2. The second kappa shape index (κ2) is 4.18. The minimum Gasteiger partial charge on any atom is -0.316 e. The van der Waals surface area contributed by atoms with Crippen LogP contribution >= 0.6 is 0 Å². The molecule has 1 aliphatic rings. The Hall–Kier alpha value is -0.760. The first-order valence-corrected chi connectivity index (χ1v) is 4.62. The van der Waals surface area contributed by atoms with E-state index in [1.54, 1.807) is 0 Å². The molecule has 0 radical (unpaired) electrons. The van der Waals surface area contributed by atoms with Gasteiger partial charge in [0.05, 0.1) is 12.5 Å². The fourth-order valence-electron chi connectivity index (χ4n) is 1.34. The lowest BCUT2D eigenvalue weighted by molar-refractivity contribution is -0.133. The maximum Gasteiger partial charge on any atom is 0.390 e. The third kappa shape index (κ3) is 3.97. The molecule has 0 aromatic carbocycles. The predicted octanol–water partition coefficient (Wildman–Crippen LogP) is 2.22. The zero-order valence-electron chi connectivity index (χ0n) is 7.82. The summed E-state index contributed by atoms with van der Waals surface area (Å²) >= 11 is 0. The third-order valence-corrected chi connectivity index (χ3v) is 2.50. The molecular weight excluding hydrogens is 193 g/mol. The Morgan fingerprint density at radius 1 is 1.36 bits per heavy atom. The first kappa shape index (κ1) is 11.3. The fraction of sp³-hybridized carbons (Fsp3) is 0.889. The molecule has 0 bridgehead atoms. The lowest BCUT2D eigenvalue weighted by Gasteiger charge is -2.12. The predicted molar refractivity (Wildman–Crippen MR) is 45.4 cm³/mol. The zero-order valence-corrected chi connectivity index (χ0v) is 7.82. The van der Waals surface area contributed by atoms with Crippen LogP contribution in [0.1, 0.15) is 25.7 Å². The number of hydrogen-bond donors (Lipinski definition) is 1. The van der Waals surface area contributed by atoms with Gasteiger partial charge in [-0.15, -0.1) is 0 Å². The summed E-state index contributed by atoms with van der Waals surface area (Å²) in [6.07, 6.45) is -2.51. The van der Waals surface area contributed by atoms with E-state index < -0.39 is 12.6 Å². The highest BCUT2D eigenvalue weighted by molar-refractivity contribution is 5.00. The van der Waals surface area contributed by atoms with Crippen molar-refractivity contribution in [3.63, 3.8) is 0 Å². The second-order valence-electron chi connectivity index (χ2n) is 3.88. The number of rotatable bonds is 5. The summed E-state index contributed by atoms with van der Waals surface area (Å²) in [6, 6.07) is 2.07. The van der Waals surface area contributed by atoms with E-state index >= 15 is 0 Å². The van der Waals surface area contributed by atoms with Crippen molar-refractivity contribution in [3.05, 3.63) is 0 Å². The Morgan fingerprint density at radius 2 is 2.00 bits per heavy atom. The van der Waals surface area contributed by atoms with Crippen molar-refractivity contribution < 1.29 is 13.2 Å². The molecule has 0 saturated heterocycles. The number of nitrogens with one attached hydrogen (secondary N) is 1. The Balaban J connectivity index is 2.08. The number of nitriles is 1. The van der Waals surface area contributed by atoms with Crippen LogP contribution in [0.3, 0.4) is 0 Å². The van der Waals surface area contributed by atoms with E-state index in [1.165, 1.54) is 0 Å². The van der Waals surface area contributed by atoms with E-state index in [2.05, 4.69) is 11.4 Å². The molecule has 1 aliphatic carbocycles. The van der Waals surface area contributed by atoms with Gasteiger partial charge in [0.25, 0.3) is 0 Å². The van der Waals surface area contributed by atoms with Gasteiger partial charge < -0.3 is 5.32 Å². The lowest BCUT2D eigenvalue weighted by atomic mass is 10.0. The average Bonchev–Trinajstić information content (AvgIpc) is 2.79. The SMILES string of the molecule is N#CCC1(CNCCC(F)(F)F)CC1. The van der Waals surface area contributed by atoms with E-state index in [-0.39, 0.29) is 12.0 Å². The van der Waals surface area contributed by atoms with Gasteiger partial charge in [-0.25, -0.2) is 0 Å². The molecule has 0 aromatic heterocycles. The minimum absolute atomic E-state index is 0.0135. The molecule has 1 N–H and O–H groups in total. The second-order valence-corrected chi connectivity index (χ2v) is 3.88. The highest BCUT2D eigenvalue weighted by Gasteiger charge is 2.41. The molecule has 0 aliphatic heterocycles. The molecule has 5 heteroatoms. The van der Waals surface area contributed by atoms with E-state index in [0.717, 1.165) is 12.8 Å². The molecule has 80 valence electrons. The smallest absolute Gasteiger partial charge is 0.316 e. The van der Waals surface area contributed by atoms with Gasteiger partial charge in [-0.3, -0.25) is 0 Å². The average molecular weight is 206 g/mol. The summed E-state index contributed by atoms with van der Waals surface area (Å²) in [6.45, 7) is 0.493. The van der Waals surface area contributed by atoms with Gasteiger partial charge >= 0.3 is 6.18 Å². The van der Waals surface area contributed by atoms with Crippen molar-refractivity contribution >= 4 is 0 Å². The van der Waals surface area contributed by atoms with Gasteiger partial charge in [-0.2, -0.15) is 18.4 Å². The van der Waals surface area contributed by atoms with Gasteiger partial charge in [0.15, 0.2) is 0 Å². The van der Waals surface area contributed by atoms with Crippen molar-refractivity contribution in [1.29, 1.82) is 5.26 Å². The van der Waals surface area contributed by atoms with E-state index in [4.69, 9.17) is 5.26 Å². The first-order valence-electron chi connectivity index (χ1n) is 4.62. The Bertz CT molecular complexity index is 225. The normalized spacial score (nSPS) is 19.0. The van der Waals surface area contributed by atoms with Crippen LogP contribution in [0.15, 0.2) is 0 Å². The van der Waals surface area contributed by atoms with E-state index in [1.807, 2.05) is 0 Å². The maximum atomic E-state index is 11.7. The molecule has 0 heterocycles. The highest BCUT2D eigenvalue weighted by Crippen LogP contribution is 2.47. The quantitative estimate of drug-likeness (QED) is 0.700. The number of alkyl halides is 3. The Labute approximate surface area is 81.1 Å². The topological polar surface area (TPSA) is 35.8 Å². The van der Waals surface area contributed by atoms with Crippen LogP contribution in [-0.2, 0) is 0 Å². The number of nitrogens with zero attached hydrogens (tertiary/aromatic N) is 1. The standard InChI is InChI=1S/C9H13F3N2/c10-9(11,12)4-6-14-7-8(1-2-8)3-5-13/h14H,1-4,6-7H2. The van der Waals surface area contributed by atoms with Gasteiger partial charge in [-0.05, 0) is 18.3 Å². The molecule has 0 amide bonds. The van der Waals surface area contributed by atoms with Crippen molar-refractivity contribution in [1.82, 2.24) is 5.32 Å². The highest BCUT2D eigenvalue weighted by atomic mass is 19.4. The van der Waals surface area contributed by atoms with Crippen molar-refractivity contribution in [2.24, 2.45) is 5.41 Å². The molecule has 0 unspecified atom stereocenters. The summed E-state index contributed by atoms with van der Waals surface area (Å²) in [5.41, 5.74) is -0.0135. The van der Waals surface area contributed by atoms with Crippen molar-refractivity contribution in [2.75, 3.05) is 13.1 Å². The van der Waals surface area contributed by atoms with E-state index in [9.17, 15) is 13.2 Å². The zero-order chi connectivity index (χ0) is 10.7. The van der Waals surface area contributed by atoms with Crippen LogP contribution in [0.2, 0.25) is 0 Å². The Kier molecular flexibility index (Phi) is 3.38.